The van der Waals surface area contributed by atoms with E-state index < -0.39 is 29.6 Å². The molecule has 0 radical (unpaired) electrons. The molecule has 13 nitrogen and oxygen atoms in total. The molecule has 2 amide bonds. The van der Waals surface area contributed by atoms with E-state index in [1.165, 1.54) is 64.5 Å². The van der Waals surface area contributed by atoms with Crippen molar-refractivity contribution in [3.8, 4) is 16.8 Å². The van der Waals surface area contributed by atoms with Gasteiger partial charge in [-0.3, -0.25) is 14.3 Å². The number of aromatic carboxylic acids is 1. The van der Waals surface area contributed by atoms with Crippen LogP contribution in [0.15, 0.2) is 79.4 Å². The number of amides is 2. The molecule has 1 atom stereocenters. The molecule has 3 aromatic carbocycles. The van der Waals surface area contributed by atoms with Crippen molar-refractivity contribution < 1.29 is 29.0 Å². The molecular weight excluding hydrogens is 643 g/mol. The number of fused-ring (bicyclic) bond motifs is 1. The van der Waals surface area contributed by atoms with E-state index in [0.29, 0.717) is 30.6 Å². The monoisotopic (exact) mass is 670 g/mol. The molecule has 0 aliphatic carbocycles. The van der Waals surface area contributed by atoms with Crippen LogP contribution < -0.4 is 5.32 Å². The van der Waals surface area contributed by atoms with Crippen molar-refractivity contribution in [3.05, 3.63) is 112 Å². The maximum atomic E-state index is 15.2. The largest absolute Gasteiger partial charge is 0.478 e. The fourth-order valence-electron chi connectivity index (χ4n) is 5.66. The number of carbonyl (C=O) groups is 3. The SMILES string of the molecule is O=C(O)c1ccc(NC(=O)C2c3cccc(-c4cnn(CCCO)c4)c3CCN2C(=O)C=Cc2c(-n3cnnn3)ccc(Cl)c2F)cc1. The van der Waals surface area contributed by atoms with Crippen molar-refractivity contribution in [2.75, 3.05) is 18.5 Å². The van der Waals surface area contributed by atoms with E-state index in [-0.39, 0.29) is 35.0 Å². The fraction of sp³-hybridized carbons (Fsp3) is 0.182. The zero-order valence-corrected chi connectivity index (χ0v) is 26.0. The number of halogens is 2. The van der Waals surface area contributed by atoms with E-state index in [4.69, 9.17) is 11.6 Å². The number of nitrogens with one attached hydrogen (secondary N) is 1. The second-order valence-electron chi connectivity index (χ2n) is 10.9. The molecular formula is C33H28ClFN8O5. The van der Waals surface area contributed by atoms with E-state index in [9.17, 15) is 24.6 Å². The third-order valence-electron chi connectivity index (χ3n) is 7.94. The predicted octanol–water partition coefficient (Wildman–Crippen LogP) is 4.18. The molecule has 3 heterocycles. The van der Waals surface area contributed by atoms with Crippen LogP contribution in [0.25, 0.3) is 22.9 Å². The number of hydrogen-bond acceptors (Lipinski definition) is 8. The lowest BCUT2D eigenvalue weighted by atomic mass is 9.86. The molecule has 0 bridgehead atoms. The number of aromatic nitrogens is 6. The van der Waals surface area contributed by atoms with Gasteiger partial charge in [0.25, 0.3) is 5.91 Å². The summed E-state index contributed by atoms with van der Waals surface area (Å²) >= 11 is 6.06. The van der Waals surface area contributed by atoms with E-state index in [2.05, 4.69) is 25.9 Å². The van der Waals surface area contributed by atoms with Crippen molar-refractivity contribution in [1.29, 1.82) is 0 Å². The molecule has 0 saturated heterocycles. The van der Waals surface area contributed by atoms with Crippen LogP contribution in [0.1, 0.15) is 39.5 Å². The molecule has 244 valence electrons. The van der Waals surface area contributed by atoms with Gasteiger partial charge in [-0.1, -0.05) is 29.8 Å². The minimum Gasteiger partial charge on any atom is -0.478 e. The summed E-state index contributed by atoms with van der Waals surface area (Å²) in [5.41, 5.74) is 3.73. The van der Waals surface area contributed by atoms with Crippen molar-refractivity contribution in [1.82, 2.24) is 34.9 Å². The summed E-state index contributed by atoms with van der Waals surface area (Å²) < 4.78 is 18.2. The van der Waals surface area contributed by atoms with Crippen LogP contribution >= 0.6 is 11.6 Å². The maximum absolute atomic E-state index is 15.2. The Balaban J connectivity index is 1.37. The molecule has 6 rings (SSSR count). The number of aliphatic hydroxyl groups is 1. The van der Waals surface area contributed by atoms with E-state index in [1.807, 2.05) is 12.3 Å². The third kappa shape index (κ3) is 6.56. The highest BCUT2D eigenvalue weighted by Gasteiger charge is 2.36. The number of aliphatic hydroxyl groups excluding tert-OH is 1. The van der Waals surface area contributed by atoms with E-state index in [0.717, 1.165) is 16.7 Å². The van der Waals surface area contributed by atoms with Crippen LogP contribution in [-0.4, -0.2) is 76.0 Å². The summed E-state index contributed by atoms with van der Waals surface area (Å²) in [6.07, 6.45) is 8.26. The molecule has 0 fully saturated rings. The van der Waals surface area contributed by atoms with Gasteiger partial charge in [-0.2, -0.15) is 9.78 Å². The summed E-state index contributed by atoms with van der Waals surface area (Å²) in [7, 11) is 0. The standard InChI is InChI=1S/C33H28ClFN8O5/c34-27-10-11-28(43-19-36-39-40-43)26(30(27)35)9-12-29(45)42-15-13-24-23(21-17-37-41(18-21)14-2-16-44)3-1-4-25(24)31(42)32(46)38-22-7-5-20(6-8-22)33(47)48/h1,3-12,17-19,31,44H,2,13-16H2,(H,38,46)(H,47,48). The smallest absolute Gasteiger partial charge is 0.335 e. The minimum absolute atomic E-state index is 0.0272. The first-order chi connectivity index (χ1) is 23.2. The minimum atomic E-state index is -1.11. The highest BCUT2D eigenvalue weighted by Crippen LogP contribution is 2.37. The van der Waals surface area contributed by atoms with Crippen molar-refractivity contribution in [3.63, 3.8) is 0 Å². The van der Waals surface area contributed by atoms with Gasteiger partial charge >= 0.3 is 5.97 Å². The molecule has 1 aliphatic rings. The molecule has 5 aromatic rings. The van der Waals surface area contributed by atoms with Crippen LogP contribution in [0.5, 0.6) is 0 Å². The van der Waals surface area contributed by atoms with E-state index >= 15 is 4.39 Å². The first-order valence-corrected chi connectivity index (χ1v) is 15.2. The summed E-state index contributed by atoms with van der Waals surface area (Å²) in [6.45, 7) is 0.723. The van der Waals surface area contributed by atoms with Crippen molar-refractivity contribution in [2.24, 2.45) is 0 Å². The summed E-state index contributed by atoms with van der Waals surface area (Å²) in [5, 5.41) is 36.5. The van der Waals surface area contributed by atoms with Gasteiger partial charge in [0.15, 0.2) is 5.82 Å². The predicted molar refractivity (Wildman–Crippen MR) is 173 cm³/mol. The molecule has 1 unspecified atom stereocenters. The summed E-state index contributed by atoms with van der Waals surface area (Å²) in [6, 6.07) is 12.9. The van der Waals surface area contributed by atoms with Crippen LogP contribution in [0, 0.1) is 5.82 Å². The van der Waals surface area contributed by atoms with Gasteiger partial charge < -0.3 is 20.4 Å². The van der Waals surface area contributed by atoms with Gasteiger partial charge in [0.2, 0.25) is 5.91 Å². The second-order valence-corrected chi connectivity index (χ2v) is 11.3. The number of hydrogen-bond donors (Lipinski definition) is 3. The average molecular weight is 671 g/mol. The number of anilines is 1. The lowest BCUT2D eigenvalue weighted by Crippen LogP contribution is -2.45. The molecule has 2 aromatic heterocycles. The quantitative estimate of drug-likeness (QED) is 0.185. The lowest BCUT2D eigenvalue weighted by Gasteiger charge is -2.36. The van der Waals surface area contributed by atoms with Crippen molar-refractivity contribution in [2.45, 2.75) is 25.4 Å². The second kappa shape index (κ2) is 13.9. The normalized spacial score (nSPS) is 14.2. The molecule has 0 saturated carbocycles. The van der Waals surface area contributed by atoms with Gasteiger partial charge in [-0.15, -0.1) is 5.10 Å². The Kier molecular flexibility index (Phi) is 9.36. The number of benzene rings is 3. The van der Waals surface area contributed by atoms with Gasteiger partial charge in [0.05, 0.1) is 22.5 Å². The Hall–Kier alpha value is -5.73. The molecule has 48 heavy (non-hydrogen) atoms. The van der Waals surface area contributed by atoms with Crippen LogP contribution in [0.2, 0.25) is 5.02 Å². The van der Waals surface area contributed by atoms with Gasteiger partial charge in [0.1, 0.15) is 12.4 Å². The Morgan fingerprint density at radius 2 is 1.92 bits per heavy atom. The summed E-state index contributed by atoms with van der Waals surface area (Å²) in [4.78, 5) is 40.6. The topological polar surface area (TPSA) is 168 Å². The van der Waals surface area contributed by atoms with Crippen LogP contribution in [-0.2, 0) is 22.6 Å². The van der Waals surface area contributed by atoms with Gasteiger partial charge in [-0.25, -0.2) is 9.18 Å². The number of carbonyl (C=O) groups excluding carboxylic acids is 2. The number of nitrogens with zero attached hydrogens (tertiary/aromatic N) is 7. The zero-order chi connectivity index (χ0) is 33.8. The van der Waals surface area contributed by atoms with E-state index in [1.54, 1.807) is 23.0 Å². The Morgan fingerprint density at radius 3 is 2.65 bits per heavy atom. The van der Waals surface area contributed by atoms with Gasteiger partial charge in [-0.05, 0) is 82.4 Å². The highest BCUT2D eigenvalue weighted by molar-refractivity contribution is 6.31. The average Bonchev–Trinajstić information content (AvgIpc) is 3.80. The first-order valence-electron chi connectivity index (χ1n) is 14.8. The Bertz CT molecular complexity index is 2010. The Labute approximate surface area is 277 Å². The fourth-order valence-corrected chi connectivity index (χ4v) is 5.83. The van der Waals surface area contributed by atoms with Crippen LogP contribution in [0.4, 0.5) is 10.1 Å². The number of aryl methyl sites for hydroxylation is 1. The molecule has 15 heteroatoms. The number of tetrazole rings is 1. The first kappa shape index (κ1) is 32.2. The zero-order valence-electron chi connectivity index (χ0n) is 25.2. The Morgan fingerprint density at radius 1 is 1.10 bits per heavy atom. The number of carboxylic acids is 1. The highest BCUT2D eigenvalue weighted by atomic mass is 35.5. The van der Waals surface area contributed by atoms with Gasteiger partial charge in [0, 0.05) is 48.8 Å². The lowest BCUT2D eigenvalue weighted by molar-refractivity contribution is -0.135. The maximum Gasteiger partial charge on any atom is 0.335 e. The number of carboxylic acid groups (broad SMARTS) is 1. The van der Waals surface area contributed by atoms with Crippen molar-refractivity contribution >= 4 is 41.1 Å². The third-order valence-corrected chi connectivity index (χ3v) is 8.23. The van der Waals surface area contributed by atoms with Crippen LogP contribution in [0.3, 0.4) is 0 Å². The number of rotatable bonds is 10. The molecule has 1 aliphatic heterocycles. The molecule has 0 spiro atoms. The molecule has 3 N–H and O–H groups in total. The summed E-state index contributed by atoms with van der Waals surface area (Å²) in [5.74, 6) is -2.98.